The highest BCUT2D eigenvalue weighted by atomic mass is 16.6. The molecule has 0 saturated heterocycles. The van der Waals surface area contributed by atoms with Crippen LogP contribution >= 0.6 is 0 Å². The molecule has 2 aromatic rings. The van der Waals surface area contributed by atoms with Crippen LogP contribution in [0.5, 0.6) is 0 Å². The quantitative estimate of drug-likeness (QED) is 0.564. The van der Waals surface area contributed by atoms with Gasteiger partial charge in [0, 0.05) is 25.7 Å². The minimum absolute atomic E-state index is 0.0627. The Kier molecular flexibility index (Phi) is 6.42. The van der Waals surface area contributed by atoms with Crippen LogP contribution in [0.15, 0.2) is 48.5 Å². The molecule has 2 aromatic carbocycles. The number of nitrogens with zero attached hydrogens (tertiary/aromatic N) is 4. The Morgan fingerprint density at radius 2 is 1.88 bits per heavy atom. The van der Waals surface area contributed by atoms with Gasteiger partial charge in [-0.25, -0.2) is 0 Å². The number of amides is 1. The third kappa shape index (κ3) is 4.88. The van der Waals surface area contributed by atoms with Gasteiger partial charge in [-0.15, -0.1) is 0 Å². The van der Waals surface area contributed by atoms with E-state index >= 15 is 0 Å². The van der Waals surface area contributed by atoms with Crippen LogP contribution in [0, 0.1) is 21.4 Å². The molecule has 0 saturated carbocycles. The molecule has 0 aliphatic carbocycles. The zero-order valence-electron chi connectivity index (χ0n) is 14.8. The fourth-order valence-corrected chi connectivity index (χ4v) is 2.52. The highest BCUT2D eigenvalue weighted by Gasteiger charge is 2.24. The molecule has 7 nitrogen and oxygen atoms in total. The van der Waals surface area contributed by atoms with E-state index in [4.69, 9.17) is 5.26 Å². The molecule has 0 atom stereocenters. The first kappa shape index (κ1) is 19.1. The van der Waals surface area contributed by atoms with Crippen LogP contribution in [0.4, 0.5) is 5.69 Å². The molecule has 0 fully saturated rings. The second-order valence-corrected chi connectivity index (χ2v) is 6.12. The van der Waals surface area contributed by atoms with E-state index < -0.39 is 10.8 Å². The number of benzene rings is 2. The van der Waals surface area contributed by atoms with Crippen LogP contribution in [0.3, 0.4) is 0 Å². The summed E-state index contributed by atoms with van der Waals surface area (Å²) in [7, 11) is 3.79. The molecule has 1 amide bonds. The highest BCUT2D eigenvalue weighted by Crippen LogP contribution is 2.21. The number of hydrogen-bond donors (Lipinski definition) is 0. The number of nitriles is 1. The molecule has 0 unspecified atom stereocenters. The van der Waals surface area contributed by atoms with Crippen molar-refractivity contribution in [2.75, 3.05) is 27.2 Å². The number of rotatable bonds is 7. The fraction of sp³-hybridized carbons (Fsp3) is 0.263. The van der Waals surface area contributed by atoms with Gasteiger partial charge in [-0.1, -0.05) is 24.3 Å². The molecular formula is C19H20N4O3. The zero-order chi connectivity index (χ0) is 19.1. The van der Waals surface area contributed by atoms with E-state index in [1.807, 2.05) is 25.1 Å². The Morgan fingerprint density at radius 3 is 2.54 bits per heavy atom. The molecule has 7 heteroatoms. The third-order valence-electron chi connectivity index (χ3n) is 3.87. The van der Waals surface area contributed by atoms with Crippen molar-refractivity contribution in [2.24, 2.45) is 0 Å². The number of nitro benzene ring substituents is 1. The summed E-state index contributed by atoms with van der Waals surface area (Å²) in [5.41, 5.74) is 1.16. The maximum Gasteiger partial charge on any atom is 0.282 e. The van der Waals surface area contributed by atoms with Crippen molar-refractivity contribution in [3.05, 3.63) is 75.3 Å². The van der Waals surface area contributed by atoms with E-state index in [9.17, 15) is 14.9 Å². The second-order valence-electron chi connectivity index (χ2n) is 6.12. The Hall–Kier alpha value is -3.24. The highest BCUT2D eigenvalue weighted by molar-refractivity contribution is 5.98. The molecule has 0 bridgehead atoms. The van der Waals surface area contributed by atoms with E-state index in [0.29, 0.717) is 18.7 Å². The summed E-state index contributed by atoms with van der Waals surface area (Å²) < 4.78 is 0. The lowest BCUT2D eigenvalue weighted by atomic mass is 10.1. The van der Waals surface area contributed by atoms with E-state index in [1.165, 1.54) is 18.2 Å². The van der Waals surface area contributed by atoms with Crippen molar-refractivity contribution in [1.29, 1.82) is 5.26 Å². The lowest BCUT2D eigenvalue weighted by molar-refractivity contribution is -0.385. The number of nitro groups is 1. The molecule has 0 heterocycles. The van der Waals surface area contributed by atoms with Crippen LogP contribution in [0.1, 0.15) is 21.5 Å². The first-order chi connectivity index (χ1) is 12.4. The van der Waals surface area contributed by atoms with Crippen molar-refractivity contribution in [1.82, 2.24) is 9.80 Å². The topological polar surface area (TPSA) is 90.5 Å². The smallest absolute Gasteiger partial charge is 0.282 e. The minimum Gasteiger partial charge on any atom is -0.333 e. The second kappa shape index (κ2) is 8.74. The first-order valence-corrected chi connectivity index (χ1v) is 8.09. The third-order valence-corrected chi connectivity index (χ3v) is 3.87. The van der Waals surface area contributed by atoms with Crippen LogP contribution in [-0.4, -0.2) is 47.8 Å². The Morgan fingerprint density at radius 1 is 1.15 bits per heavy atom. The van der Waals surface area contributed by atoms with E-state index in [2.05, 4.69) is 6.07 Å². The summed E-state index contributed by atoms with van der Waals surface area (Å²) in [6, 6.07) is 15.0. The predicted molar refractivity (Wildman–Crippen MR) is 97.5 cm³/mol. The summed E-state index contributed by atoms with van der Waals surface area (Å²) in [5.74, 6) is -0.401. The molecule has 134 valence electrons. The molecule has 0 aliphatic rings. The SMILES string of the molecule is CN(C)CCN(Cc1cccc(C#N)c1)C(=O)c1ccccc1[N+](=O)[O-]. The number of carbonyl (C=O) groups is 1. The van der Waals surface area contributed by atoms with Crippen molar-refractivity contribution in [3.8, 4) is 6.07 Å². The van der Waals surface area contributed by atoms with Crippen LogP contribution in [0.25, 0.3) is 0 Å². The van der Waals surface area contributed by atoms with Crippen LogP contribution in [-0.2, 0) is 6.54 Å². The standard InChI is InChI=1S/C19H20N4O3/c1-21(2)10-11-22(14-16-7-5-6-15(12-16)13-20)19(24)17-8-3-4-9-18(17)23(25)26/h3-9,12H,10-11,14H2,1-2H3. The van der Waals surface area contributed by atoms with E-state index in [-0.39, 0.29) is 17.8 Å². The first-order valence-electron chi connectivity index (χ1n) is 8.09. The van der Waals surface area contributed by atoms with E-state index in [0.717, 1.165) is 5.56 Å². The average molecular weight is 352 g/mol. The van der Waals surface area contributed by atoms with Gasteiger partial charge in [0.2, 0.25) is 0 Å². The largest absolute Gasteiger partial charge is 0.333 e. The van der Waals surface area contributed by atoms with Gasteiger partial charge in [-0.2, -0.15) is 5.26 Å². The van der Waals surface area contributed by atoms with E-state index in [1.54, 1.807) is 29.2 Å². The van der Waals surface area contributed by atoms with Gasteiger partial charge in [0.15, 0.2) is 0 Å². The normalized spacial score (nSPS) is 10.4. The Balaban J connectivity index is 2.33. The van der Waals surface area contributed by atoms with Gasteiger partial charge in [0.25, 0.3) is 11.6 Å². The molecule has 0 radical (unpaired) electrons. The number of para-hydroxylation sites is 1. The van der Waals surface area contributed by atoms with Crippen LogP contribution in [0.2, 0.25) is 0 Å². The van der Waals surface area contributed by atoms with Gasteiger partial charge >= 0.3 is 0 Å². The lowest BCUT2D eigenvalue weighted by Gasteiger charge is -2.24. The summed E-state index contributed by atoms with van der Waals surface area (Å²) in [6.07, 6.45) is 0. The molecule has 0 aromatic heterocycles. The lowest BCUT2D eigenvalue weighted by Crippen LogP contribution is -2.36. The fourth-order valence-electron chi connectivity index (χ4n) is 2.52. The van der Waals surface area contributed by atoms with Gasteiger partial charge in [0.05, 0.1) is 16.6 Å². The molecule has 0 N–H and O–H groups in total. The average Bonchev–Trinajstić information content (AvgIpc) is 2.64. The minimum atomic E-state index is -0.548. The Labute approximate surface area is 152 Å². The number of carbonyl (C=O) groups excluding carboxylic acids is 1. The van der Waals surface area contributed by atoms with Crippen molar-refractivity contribution < 1.29 is 9.72 Å². The zero-order valence-corrected chi connectivity index (χ0v) is 14.8. The molecule has 0 aliphatic heterocycles. The molecule has 2 rings (SSSR count). The van der Waals surface area contributed by atoms with Gasteiger partial charge < -0.3 is 9.80 Å². The summed E-state index contributed by atoms with van der Waals surface area (Å²) in [4.78, 5) is 27.2. The summed E-state index contributed by atoms with van der Waals surface area (Å²) in [5, 5.41) is 20.3. The number of hydrogen-bond acceptors (Lipinski definition) is 5. The van der Waals surface area contributed by atoms with Crippen molar-refractivity contribution in [2.45, 2.75) is 6.54 Å². The summed E-state index contributed by atoms with van der Waals surface area (Å²) in [6.45, 7) is 1.30. The van der Waals surface area contributed by atoms with Crippen molar-refractivity contribution in [3.63, 3.8) is 0 Å². The van der Waals surface area contributed by atoms with Gasteiger partial charge in [-0.3, -0.25) is 14.9 Å². The molecular weight excluding hydrogens is 332 g/mol. The molecule has 0 spiro atoms. The van der Waals surface area contributed by atoms with Crippen LogP contribution < -0.4 is 0 Å². The number of likely N-dealkylation sites (N-methyl/N-ethyl adjacent to an activating group) is 1. The maximum absolute atomic E-state index is 13.0. The summed E-state index contributed by atoms with van der Waals surface area (Å²) >= 11 is 0. The van der Waals surface area contributed by atoms with Gasteiger partial charge in [-0.05, 0) is 37.9 Å². The van der Waals surface area contributed by atoms with Gasteiger partial charge in [0.1, 0.15) is 5.56 Å². The predicted octanol–water partition coefficient (Wildman–Crippen LogP) is 2.67. The Bertz CT molecular complexity index is 843. The molecule has 26 heavy (non-hydrogen) atoms. The maximum atomic E-state index is 13.0. The monoisotopic (exact) mass is 352 g/mol. The van der Waals surface area contributed by atoms with Crippen molar-refractivity contribution >= 4 is 11.6 Å².